The Morgan fingerprint density at radius 3 is 2.58 bits per heavy atom. The van der Waals surface area contributed by atoms with Crippen molar-refractivity contribution in [2.24, 2.45) is 0 Å². The van der Waals surface area contributed by atoms with Crippen LogP contribution >= 0.6 is 0 Å². The van der Waals surface area contributed by atoms with E-state index < -0.39 is 0 Å². The minimum absolute atomic E-state index is 0.0326. The van der Waals surface area contributed by atoms with E-state index in [4.69, 9.17) is 4.74 Å². The summed E-state index contributed by atoms with van der Waals surface area (Å²) < 4.78 is 5.29. The van der Waals surface area contributed by atoms with Crippen molar-refractivity contribution in [3.8, 4) is 5.75 Å². The van der Waals surface area contributed by atoms with Gasteiger partial charge in [0.2, 0.25) is 5.91 Å². The fraction of sp³-hybridized carbons (Fsp3) is 0.318. The summed E-state index contributed by atoms with van der Waals surface area (Å²) in [5.74, 6) is 1.11. The number of fused-ring (bicyclic) bond motifs is 1. The number of ether oxygens (including phenoxy) is 1. The smallest absolute Gasteiger partial charge is 0.223 e. The maximum Gasteiger partial charge on any atom is 0.223 e. The first kappa shape index (κ1) is 16.7. The van der Waals surface area contributed by atoms with Crippen LogP contribution in [0.5, 0.6) is 5.75 Å². The van der Waals surface area contributed by atoms with Crippen LogP contribution in [0.4, 0.5) is 0 Å². The number of aromatic nitrogens is 1. The van der Waals surface area contributed by atoms with Crippen molar-refractivity contribution in [1.82, 2.24) is 9.88 Å². The molecule has 26 heavy (non-hydrogen) atoms. The third-order valence-electron chi connectivity index (χ3n) is 5.35. The number of hydrogen-bond donors (Lipinski definition) is 1. The average Bonchev–Trinajstić information content (AvgIpc) is 3.36. The molecule has 1 atom stereocenters. The van der Waals surface area contributed by atoms with Crippen molar-refractivity contribution >= 4 is 16.8 Å². The summed E-state index contributed by atoms with van der Waals surface area (Å²) in [6.45, 7) is 1.78. The quantitative estimate of drug-likeness (QED) is 0.746. The number of amides is 1. The largest absolute Gasteiger partial charge is 0.497 e. The molecule has 0 aliphatic carbocycles. The van der Waals surface area contributed by atoms with Crippen molar-refractivity contribution in [2.75, 3.05) is 20.2 Å². The Bertz CT molecular complexity index is 892. The first-order chi connectivity index (χ1) is 12.8. The Balaban J connectivity index is 1.71. The van der Waals surface area contributed by atoms with Gasteiger partial charge in [0.05, 0.1) is 7.11 Å². The Morgan fingerprint density at radius 1 is 1.12 bits per heavy atom. The number of rotatable bonds is 5. The van der Waals surface area contributed by atoms with Crippen LogP contribution in [-0.4, -0.2) is 36.0 Å². The molecule has 1 saturated heterocycles. The number of carbonyl (C=O) groups excluding carboxylic acids is 1. The van der Waals surface area contributed by atoms with E-state index in [1.54, 1.807) is 7.11 Å². The van der Waals surface area contributed by atoms with Crippen LogP contribution in [0, 0.1) is 0 Å². The number of hydrogen-bond acceptors (Lipinski definition) is 2. The fourth-order valence-electron chi connectivity index (χ4n) is 3.90. The molecule has 1 N–H and O–H groups in total. The maximum absolute atomic E-state index is 12.9. The average molecular weight is 348 g/mol. The lowest BCUT2D eigenvalue weighted by Gasteiger charge is -2.21. The molecule has 0 saturated carbocycles. The zero-order valence-electron chi connectivity index (χ0n) is 15.1. The molecule has 4 nitrogen and oxygen atoms in total. The van der Waals surface area contributed by atoms with E-state index in [0.717, 1.165) is 42.8 Å². The van der Waals surface area contributed by atoms with Gasteiger partial charge in [0, 0.05) is 42.5 Å². The third-order valence-corrected chi connectivity index (χ3v) is 5.35. The van der Waals surface area contributed by atoms with E-state index in [-0.39, 0.29) is 11.8 Å². The molecule has 0 spiro atoms. The number of nitrogens with zero attached hydrogens (tertiary/aromatic N) is 1. The molecular formula is C22H24N2O2. The van der Waals surface area contributed by atoms with E-state index in [1.807, 2.05) is 29.2 Å². The molecule has 2 aromatic carbocycles. The number of methoxy groups -OCH3 is 1. The van der Waals surface area contributed by atoms with Gasteiger partial charge in [-0.2, -0.15) is 0 Å². The minimum Gasteiger partial charge on any atom is -0.497 e. The second kappa shape index (κ2) is 7.24. The number of likely N-dealkylation sites (tertiary alicyclic amines) is 1. The molecule has 1 fully saturated rings. The van der Waals surface area contributed by atoms with Crippen LogP contribution in [0.3, 0.4) is 0 Å². The molecule has 1 aromatic heterocycles. The molecule has 1 unspecified atom stereocenters. The molecule has 0 radical (unpaired) electrons. The Hall–Kier alpha value is -2.75. The van der Waals surface area contributed by atoms with Gasteiger partial charge in [-0.15, -0.1) is 0 Å². The van der Waals surface area contributed by atoms with Gasteiger partial charge in [-0.3, -0.25) is 4.79 Å². The van der Waals surface area contributed by atoms with Crippen molar-refractivity contribution in [2.45, 2.75) is 25.2 Å². The van der Waals surface area contributed by atoms with E-state index in [9.17, 15) is 4.79 Å². The van der Waals surface area contributed by atoms with Crippen molar-refractivity contribution in [3.63, 3.8) is 0 Å². The van der Waals surface area contributed by atoms with Gasteiger partial charge < -0.3 is 14.6 Å². The summed E-state index contributed by atoms with van der Waals surface area (Å²) in [5.41, 5.74) is 3.43. The molecule has 1 amide bonds. The molecule has 1 aliphatic heterocycles. The summed E-state index contributed by atoms with van der Waals surface area (Å²) >= 11 is 0. The highest BCUT2D eigenvalue weighted by atomic mass is 16.5. The van der Waals surface area contributed by atoms with Crippen LogP contribution in [-0.2, 0) is 4.79 Å². The van der Waals surface area contributed by atoms with Crippen molar-refractivity contribution in [1.29, 1.82) is 0 Å². The molecule has 0 bridgehead atoms. The summed E-state index contributed by atoms with van der Waals surface area (Å²) in [4.78, 5) is 18.2. The zero-order valence-corrected chi connectivity index (χ0v) is 15.1. The SMILES string of the molecule is COc1ccc(C(CC(=O)N2CCCC2)c2c[nH]c3ccccc23)cc1. The Morgan fingerprint density at radius 2 is 1.85 bits per heavy atom. The van der Waals surface area contributed by atoms with Gasteiger partial charge in [0.25, 0.3) is 0 Å². The fourth-order valence-corrected chi connectivity index (χ4v) is 3.90. The number of nitrogens with one attached hydrogen (secondary N) is 1. The number of carbonyl (C=O) groups is 1. The Labute approximate surface area is 153 Å². The van der Waals surface area contributed by atoms with Gasteiger partial charge in [0.15, 0.2) is 0 Å². The van der Waals surface area contributed by atoms with Gasteiger partial charge >= 0.3 is 0 Å². The van der Waals surface area contributed by atoms with Gasteiger partial charge in [-0.05, 0) is 42.2 Å². The van der Waals surface area contributed by atoms with Crippen LogP contribution in [0.25, 0.3) is 10.9 Å². The van der Waals surface area contributed by atoms with Crippen LogP contribution < -0.4 is 4.74 Å². The molecule has 134 valence electrons. The summed E-state index contributed by atoms with van der Waals surface area (Å²) in [6, 6.07) is 16.4. The zero-order chi connectivity index (χ0) is 17.9. The summed E-state index contributed by atoms with van der Waals surface area (Å²) in [7, 11) is 1.67. The first-order valence-electron chi connectivity index (χ1n) is 9.24. The highest BCUT2D eigenvalue weighted by molar-refractivity contribution is 5.86. The predicted octanol–water partition coefficient (Wildman–Crippen LogP) is 4.32. The lowest BCUT2D eigenvalue weighted by atomic mass is 9.87. The van der Waals surface area contributed by atoms with Crippen molar-refractivity contribution < 1.29 is 9.53 Å². The van der Waals surface area contributed by atoms with Crippen LogP contribution in [0.1, 0.15) is 36.3 Å². The highest BCUT2D eigenvalue weighted by Gasteiger charge is 2.25. The number of aromatic amines is 1. The summed E-state index contributed by atoms with van der Waals surface area (Å²) in [6.07, 6.45) is 4.78. The lowest BCUT2D eigenvalue weighted by Crippen LogP contribution is -2.29. The highest BCUT2D eigenvalue weighted by Crippen LogP contribution is 2.34. The van der Waals surface area contributed by atoms with E-state index >= 15 is 0 Å². The van der Waals surface area contributed by atoms with Crippen LogP contribution in [0.2, 0.25) is 0 Å². The van der Waals surface area contributed by atoms with E-state index in [0.29, 0.717) is 6.42 Å². The number of benzene rings is 2. The molecule has 1 aliphatic rings. The van der Waals surface area contributed by atoms with Crippen molar-refractivity contribution in [3.05, 3.63) is 65.9 Å². The molecule has 2 heterocycles. The first-order valence-corrected chi connectivity index (χ1v) is 9.24. The second-order valence-corrected chi connectivity index (χ2v) is 6.91. The molecular weight excluding hydrogens is 324 g/mol. The van der Waals surface area contributed by atoms with E-state index in [1.165, 1.54) is 10.9 Å². The molecule has 4 rings (SSSR count). The third kappa shape index (κ3) is 3.19. The minimum atomic E-state index is 0.0326. The van der Waals surface area contributed by atoms with Gasteiger partial charge in [-0.25, -0.2) is 0 Å². The number of H-pyrrole nitrogens is 1. The monoisotopic (exact) mass is 348 g/mol. The predicted molar refractivity (Wildman–Crippen MR) is 104 cm³/mol. The van der Waals surface area contributed by atoms with Crippen LogP contribution in [0.15, 0.2) is 54.7 Å². The van der Waals surface area contributed by atoms with Gasteiger partial charge in [0.1, 0.15) is 5.75 Å². The standard InChI is InChI=1S/C22H24N2O2/c1-26-17-10-8-16(9-11-17)19(14-22(25)24-12-4-5-13-24)20-15-23-21-7-3-2-6-18(20)21/h2-3,6-11,15,19,23H,4-5,12-14H2,1H3. The second-order valence-electron chi connectivity index (χ2n) is 6.91. The number of para-hydroxylation sites is 1. The lowest BCUT2D eigenvalue weighted by molar-refractivity contribution is -0.130. The maximum atomic E-state index is 12.9. The Kier molecular flexibility index (Phi) is 4.65. The van der Waals surface area contributed by atoms with E-state index in [2.05, 4.69) is 35.4 Å². The molecule has 4 heteroatoms. The topological polar surface area (TPSA) is 45.3 Å². The summed E-state index contributed by atoms with van der Waals surface area (Å²) in [5, 5.41) is 1.18. The van der Waals surface area contributed by atoms with Gasteiger partial charge in [-0.1, -0.05) is 30.3 Å². The normalized spacial score (nSPS) is 15.3. The molecule has 3 aromatic rings.